The summed E-state index contributed by atoms with van der Waals surface area (Å²) in [7, 11) is 0. The number of carbonyl (C=O) groups excluding carboxylic acids is 1. The minimum absolute atomic E-state index is 0.122. The van der Waals surface area contributed by atoms with E-state index in [-0.39, 0.29) is 5.91 Å². The number of anilines is 2. The van der Waals surface area contributed by atoms with Crippen molar-refractivity contribution in [1.29, 1.82) is 0 Å². The van der Waals surface area contributed by atoms with E-state index in [1.165, 1.54) is 30.1 Å². The lowest BCUT2D eigenvalue weighted by atomic mass is 9.99. The number of aromatic nitrogens is 1. The van der Waals surface area contributed by atoms with Crippen LogP contribution in [0.1, 0.15) is 27.0 Å². The second kappa shape index (κ2) is 7.58. The molecule has 0 unspecified atom stereocenters. The molecule has 0 radical (unpaired) electrons. The van der Waals surface area contributed by atoms with Crippen LogP contribution in [0.25, 0.3) is 0 Å². The highest BCUT2D eigenvalue weighted by atomic mass is 19.4. The van der Waals surface area contributed by atoms with Crippen LogP contribution in [0, 0.1) is 0 Å². The highest BCUT2D eigenvalue weighted by Gasteiger charge is 2.30. The number of fused-ring (bicyclic) bond motifs is 1. The van der Waals surface area contributed by atoms with Gasteiger partial charge >= 0.3 is 6.18 Å². The van der Waals surface area contributed by atoms with Gasteiger partial charge in [0.25, 0.3) is 5.91 Å². The van der Waals surface area contributed by atoms with E-state index in [1.807, 2.05) is 18.2 Å². The Bertz CT molecular complexity index is 1030. The smallest absolute Gasteiger partial charge is 0.354 e. The van der Waals surface area contributed by atoms with Crippen molar-refractivity contribution >= 4 is 17.3 Å². The number of nitrogens with one attached hydrogen (secondary N) is 1. The van der Waals surface area contributed by atoms with Crippen LogP contribution >= 0.6 is 0 Å². The molecule has 0 saturated heterocycles. The summed E-state index contributed by atoms with van der Waals surface area (Å²) >= 11 is 0. The number of hydrogen-bond donors (Lipinski definition) is 1. The molecule has 1 aromatic heterocycles. The van der Waals surface area contributed by atoms with Crippen molar-refractivity contribution in [1.82, 2.24) is 9.88 Å². The van der Waals surface area contributed by atoms with E-state index in [0.717, 1.165) is 24.1 Å². The third-order valence-electron chi connectivity index (χ3n) is 4.90. The standard InChI is InChI=1S/C22H18F3N3O/c23-22(24,25)18-5-7-19(8-6-18)27-20-11-17(12-26-13-20)21(29)28-10-9-15-3-1-2-4-16(15)14-28/h1-8,11-13,27H,9-10,14H2. The fraction of sp³-hybridized carbons (Fsp3) is 0.182. The molecule has 2 aromatic carbocycles. The maximum atomic E-state index is 12.9. The van der Waals surface area contributed by atoms with Crippen LogP contribution < -0.4 is 5.32 Å². The molecule has 0 aliphatic carbocycles. The van der Waals surface area contributed by atoms with Crippen molar-refractivity contribution in [2.45, 2.75) is 19.1 Å². The van der Waals surface area contributed by atoms with Gasteiger partial charge in [-0.1, -0.05) is 24.3 Å². The second-order valence-electron chi connectivity index (χ2n) is 6.91. The third kappa shape index (κ3) is 4.23. The predicted molar refractivity (Wildman–Crippen MR) is 104 cm³/mol. The summed E-state index contributed by atoms with van der Waals surface area (Å²) in [6, 6.07) is 14.4. The number of benzene rings is 2. The molecule has 0 atom stereocenters. The Kier molecular flexibility index (Phi) is 4.96. The van der Waals surface area contributed by atoms with Crippen LogP contribution in [0.3, 0.4) is 0 Å². The summed E-state index contributed by atoms with van der Waals surface area (Å²) in [6.07, 6.45) is -0.543. The number of pyridine rings is 1. The van der Waals surface area contributed by atoms with Gasteiger partial charge in [-0.25, -0.2) is 0 Å². The monoisotopic (exact) mass is 397 g/mol. The van der Waals surface area contributed by atoms with Crippen molar-refractivity contribution < 1.29 is 18.0 Å². The van der Waals surface area contributed by atoms with Crippen LogP contribution in [0.2, 0.25) is 0 Å². The Morgan fingerprint density at radius 1 is 0.966 bits per heavy atom. The van der Waals surface area contributed by atoms with Gasteiger partial charge in [0.1, 0.15) is 0 Å². The number of nitrogens with zero attached hydrogens (tertiary/aromatic N) is 2. The average Bonchev–Trinajstić information content (AvgIpc) is 2.73. The molecule has 0 bridgehead atoms. The third-order valence-corrected chi connectivity index (χ3v) is 4.90. The average molecular weight is 397 g/mol. The highest BCUT2D eigenvalue weighted by molar-refractivity contribution is 5.95. The lowest BCUT2D eigenvalue weighted by molar-refractivity contribution is -0.137. The van der Waals surface area contributed by atoms with Crippen molar-refractivity contribution in [3.8, 4) is 0 Å². The van der Waals surface area contributed by atoms with Crippen LogP contribution in [-0.4, -0.2) is 22.3 Å². The number of halogens is 3. The Hall–Kier alpha value is -3.35. The first kappa shape index (κ1) is 19.0. The van der Waals surface area contributed by atoms with E-state index in [0.29, 0.717) is 30.0 Å². The number of carbonyl (C=O) groups is 1. The van der Waals surface area contributed by atoms with Crippen molar-refractivity contribution in [2.75, 3.05) is 11.9 Å². The zero-order chi connectivity index (χ0) is 20.4. The van der Waals surface area contributed by atoms with Crippen LogP contribution in [-0.2, 0) is 19.1 Å². The van der Waals surface area contributed by atoms with Gasteiger partial charge in [-0.2, -0.15) is 13.2 Å². The summed E-state index contributed by atoms with van der Waals surface area (Å²) in [5.41, 5.74) is 3.13. The Morgan fingerprint density at radius 2 is 1.69 bits per heavy atom. The molecule has 148 valence electrons. The molecule has 1 aliphatic heterocycles. The van der Waals surface area contributed by atoms with E-state index in [2.05, 4.69) is 16.4 Å². The van der Waals surface area contributed by atoms with E-state index < -0.39 is 11.7 Å². The zero-order valence-electron chi connectivity index (χ0n) is 15.4. The van der Waals surface area contributed by atoms with Gasteiger partial charge in [0.05, 0.1) is 23.0 Å². The molecule has 1 N–H and O–H groups in total. The fourth-order valence-corrected chi connectivity index (χ4v) is 3.39. The first-order chi connectivity index (χ1) is 13.9. The maximum Gasteiger partial charge on any atom is 0.416 e. The molecule has 1 amide bonds. The van der Waals surface area contributed by atoms with Crippen molar-refractivity contribution in [3.63, 3.8) is 0 Å². The molecule has 3 aromatic rings. The second-order valence-corrected chi connectivity index (χ2v) is 6.91. The first-order valence-electron chi connectivity index (χ1n) is 9.15. The fourth-order valence-electron chi connectivity index (χ4n) is 3.39. The number of hydrogen-bond acceptors (Lipinski definition) is 3. The summed E-state index contributed by atoms with van der Waals surface area (Å²) in [5, 5.41) is 3.00. The quantitative estimate of drug-likeness (QED) is 0.673. The lowest BCUT2D eigenvalue weighted by Crippen LogP contribution is -2.36. The molecular weight excluding hydrogens is 379 g/mol. The number of amides is 1. The lowest BCUT2D eigenvalue weighted by Gasteiger charge is -2.29. The topological polar surface area (TPSA) is 45.2 Å². The van der Waals surface area contributed by atoms with Crippen molar-refractivity contribution in [3.05, 3.63) is 89.2 Å². The van der Waals surface area contributed by atoms with E-state index in [4.69, 9.17) is 0 Å². The van der Waals surface area contributed by atoms with Gasteiger partial charge in [0.15, 0.2) is 0 Å². The van der Waals surface area contributed by atoms with Gasteiger partial charge in [0, 0.05) is 25.0 Å². The minimum Gasteiger partial charge on any atom is -0.354 e. The summed E-state index contributed by atoms with van der Waals surface area (Å²) in [4.78, 5) is 18.8. The molecule has 4 nitrogen and oxygen atoms in total. The number of rotatable bonds is 3. The molecule has 0 saturated carbocycles. The maximum absolute atomic E-state index is 12.9. The minimum atomic E-state index is -4.38. The molecule has 1 aliphatic rings. The van der Waals surface area contributed by atoms with Crippen LogP contribution in [0.5, 0.6) is 0 Å². The van der Waals surface area contributed by atoms with Gasteiger partial charge < -0.3 is 10.2 Å². The molecular formula is C22H18F3N3O. The van der Waals surface area contributed by atoms with E-state index in [9.17, 15) is 18.0 Å². The molecule has 29 heavy (non-hydrogen) atoms. The summed E-state index contributed by atoms with van der Waals surface area (Å²) < 4.78 is 38.1. The SMILES string of the molecule is O=C(c1cncc(Nc2ccc(C(F)(F)F)cc2)c1)N1CCc2ccccc2C1. The Balaban J connectivity index is 1.48. The molecule has 2 heterocycles. The largest absolute Gasteiger partial charge is 0.416 e. The van der Waals surface area contributed by atoms with Gasteiger partial charge in [-0.05, 0) is 47.9 Å². The highest BCUT2D eigenvalue weighted by Crippen LogP contribution is 2.30. The summed E-state index contributed by atoms with van der Waals surface area (Å²) in [6.45, 7) is 1.18. The predicted octanol–water partition coefficient (Wildman–Crippen LogP) is 5.04. The Morgan fingerprint density at radius 3 is 2.41 bits per heavy atom. The summed E-state index contributed by atoms with van der Waals surface area (Å²) in [5.74, 6) is -0.122. The van der Waals surface area contributed by atoms with Crippen LogP contribution in [0.4, 0.5) is 24.5 Å². The normalized spacial score (nSPS) is 13.7. The van der Waals surface area contributed by atoms with Gasteiger partial charge in [0.2, 0.25) is 0 Å². The van der Waals surface area contributed by atoms with Crippen molar-refractivity contribution in [2.24, 2.45) is 0 Å². The van der Waals surface area contributed by atoms with E-state index >= 15 is 0 Å². The molecule has 7 heteroatoms. The van der Waals surface area contributed by atoms with Crippen LogP contribution in [0.15, 0.2) is 67.0 Å². The molecule has 0 fully saturated rings. The number of alkyl halides is 3. The van der Waals surface area contributed by atoms with Gasteiger partial charge in [-0.3, -0.25) is 9.78 Å². The Labute approximate surface area is 166 Å². The van der Waals surface area contributed by atoms with E-state index in [1.54, 1.807) is 11.0 Å². The first-order valence-corrected chi connectivity index (χ1v) is 9.15. The van der Waals surface area contributed by atoms with Gasteiger partial charge in [-0.15, -0.1) is 0 Å². The zero-order valence-corrected chi connectivity index (χ0v) is 15.4. The molecule has 0 spiro atoms. The molecule has 4 rings (SSSR count).